The summed E-state index contributed by atoms with van der Waals surface area (Å²) in [5.74, 6) is 0.844. The molecule has 0 radical (unpaired) electrons. The second-order valence-electron chi connectivity index (χ2n) is 4.82. The molecule has 0 heterocycles. The molecule has 0 aliphatic rings. The van der Waals surface area contributed by atoms with E-state index in [1.54, 1.807) is 7.11 Å². The summed E-state index contributed by atoms with van der Waals surface area (Å²) in [5, 5.41) is 2.53. The quantitative estimate of drug-likeness (QED) is 0.478. The molecule has 1 nitrogen and oxygen atoms in total. The van der Waals surface area contributed by atoms with Crippen LogP contribution in [0.3, 0.4) is 0 Å². The lowest BCUT2D eigenvalue weighted by atomic mass is 9.98. The SMILES string of the molecule is COc1ccc(C(Br)c2cccc3ccccc23)cc1Br. The second kappa shape index (κ2) is 6.20. The molecule has 0 aromatic heterocycles. The van der Waals surface area contributed by atoms with E-state index in [4.69, 9.17) is 4.74 Å². The Balaban J connectivity index is 2.08. The van der Waals surface area contributed by atoms with Crippen molar-refractivity contribution in [1.82, 2.24) is 0 Å². The van der Waals surface area contributed by atoms with Gasteiger partial charge in [-0.3, -0.25) is 0 Å². The van der Waals surface area contributed by atoms with Gasteiger partial charge in [0.15, 0.2) is 0 Å². The lowest BCUT2D eigenvalue weighted by Crippen LogP contribution is -1.95. The van der Waals surface area contributed by atoms with Crippen LogP contribution in [0.15, 0.2) is 65.1 Å². The van der Waals surface area contributed by atoms with Gasteiger partial charge in [-0.05, 0) is 50.0 Å². The van der Waals surface area contributed by atoms with Crippen molar-refractivity contribution in [1.29, 1.82) is 0 Å². The van der Waals surface area contributed by atoms with Gasteiger partial charge in [0, 0.05) is 0 Å². The molecule has 3 aromatic rings. The van der Waals surface area contributed by atoms with Crippen LogP contribution in [0.1, 0.15) is 16.0 Å². The van der Waals surface area contributed by atoms with Gasteiger partial charge < -0.3 is 4.74 Å². The largest absolute Gasteiger partial charge is 0.496 e. The average molecular weight is 406 g/mol. The number of fused-ring (bicyclic) bond motifs is 1. The van der Waals surface area contributed by atoms with Crippen LogP contribution in [-0.2, 0) is 0 Å². The van der Waals surface area contributed by atoms with Crippen LogP contribution in [-0.4, -0.2) is 7.11 Å². The molecule has 0 spiro atoms. The molecule has 0 saturated heterocycles. The summed E-state index contributed by atoms with van der Waals surface area (Å²) in [6.45, 7) is 0. The Morgan fingerprint density at radius 2 is 1.71 bits per heavy atom. The summed E-state index contributed by atoms with van der Waals surface area (Å²) in [6, 6.07) is 21.0. The summed E-state index contributed by atoms with van der Waals surface area (Å²) >= 11 is 7.39. The molecular formula is C18H14Br2O. The fraction of sp³-hybridized carbons (Fsp3) is 0.111. The highest BCUT2D eigenvalue weighted by atomic mass is 79.9. The number of benzene rings is 3. The number of rotatable bonds is 3. The minimum absolute atomic E-state index is 0.144. The fourth-order valence-corrected chi connectivity index (χ4v) is 3.73. The van der Waals surface area contributed by atoms with Gasteiger partial charge in [0.25, 0.3) is 0 Å². The molecule has 0 aliphatic carbocycles. The number of alkyl halides is 1. The predicted octanol–water partition coefficient (Wildman–Crippen LogP) is 6.10. The summed E-state index contributed by atoms with van der Waals surface area (Å²) in [6.07, 6.45) is 0. The Morgan fingerprint density at radius 1 is 0.952 bits per heavy atom. The molecule has 0 aliphatic heterocycles. The zero-order valence-electron chi connectivity index (χ0n) is 11.5. The van der Waals surface area contributed by atoms with Crippen LogP contribution in [0.5, 0.6) is 5.75 Å². The first-order chi connectivity index (χ1) is 10.2. The Hall–Kier alpha value is -1.32. The molecular weight excluding hydrogens is 392 g/mol. The standard InChI is InChI=1S/C18H14Br2O/c1-21-17-10-9-13(11-16(17)19)18(20)15-8-4-6-12-5-2-3-7-14(12)15/h2-11,18H,1H3. The third-order valence-electron chi connectivity index (χ3n) is 3.56. The zero-order valence-corrected chi connectivity index (χ0v) is 14.7. The molecule has 1 atom stereocenters. The molecule has 3 rings (SSSR count). The van der Waals surface area contributed by atoms with Gasteiger partial charge in [0.05, 0.1) is 16.4 Å². The molecule has 0 saturated carbocycles. The number of halogens is 2. The minimum atomic E-state index is 0.144. The molecule has 0 fully saturated rings. The summed E-state index contributed by atoms with van der Waals surface area (Å²) in [5.41, 5.74) is 2.46. The second-order valence-corrected chi connectivity index (χ2v) is 6.59. The summed E-state index contributed by atoms with van der Waals surface area (Å²) < 4.78 is 6.26. The van der Waals surface area contributed by atoms with Crippen molar-refractivity contribution >= 4 is 42.6 Å². The maximum absolute atomic E-state index is 5.29. The summed E-state index contributed by atoms with van der Waals surface area (Å²) in [4.78, 5) is 0.144. The summed E-state index contributed by atoms with van der Waals surface area (Å²) in [7, 11) is 1.68. The Bertz CT molecular complexity index is 778. The normalized spacial score (nSPS) is 12.3. The lowest BCUT2D eigenvalue weighted by molar-refractivity contribution is 0.412. The van der Waals surface area contributed by atoms with E-state index < -0.39 is 0 Å². The van der Waals surface area contributed by atoms with Crippen LogP contribution in [0, 0.1) is 0 Å². The van der Waals surface area contributed by atoms with Gasteiger partial charge in [-0.15, -0.1) is 0 Å². The Morgan fingerprint density at radius 3 is 2.48 bits per heavy atom. The number of hydrogen-bond acceptors (Lipinski definition) is 1. The van der Waals surface area contributed by atoms with E-state index in [9.17, 15) is 0 Å². The van der Waals surface area contributed by atoms with Crippen molar-refractivity contribution < 1.29 is 4.74 Å². The van der Waals surface area contributed by atoms with E-state index in [0.29, 0.717) is 0 Å². The van der Waals surface area contributed by atoms with E-state index in [1.165, 1.54) is 21.9 Å². The van der Waals surface area contributed by atoms with Gasteiger partial charge in [0.1, 0.15) is 5.75 Å². The molecule has 106 valence electrons. The van der Waals surface area contributed by atoms with E-state index in [-0.39, 0.29) is 4.83 Å². The Kier molecular flexibility index (Phi) is 4.32. The van der Waals surface area contributed by atoms with Crippen LogP contribution < -0.4 is 4.74 Å². The van der Waals surface area contributed by atoms with Crippen molar-refractivity contribution in [2.45, 2.75) is 4.83 Å². The van der Waals surface area contributed by atoms with Crippen molar-refractivity contribution in [2.75, 3.05) is 7.11 Å². The number of ether oxygens (including phenoxy) is 1. The third-order valence-corrected chi connectivity index (χ3v) is 5.21. The third kappa shape index (κ3) is 2.85. The van der Waals surface area contributed by atoms with Gasteiger partial charge in [-0.2, -0.15) is 0 Å². The molecule has 1 unspecified atom stereocenters. The topological polar surface area (TPSA) is 9.23 Å². The van der Waals surface area contributed by atoms with Crippen molar-refractivity contribution in [3.05, 3.63) is 76.3 Å². The van der Waals surface area contributed by atoms with Gasteiger partial charge >= 0.3 is 0 Å². The maximum atomic E-state index is 5.29. The first-order valence-corrected chi connectivity index (χ1v) is 8.36. The monoisotopic (exact) mass is 404 g/mol. The highest BCUT2D eigenvalue weighted by Gasteiger charge is 2.14. The minimum Gasteiger partial charge on any atom is -0.496 e. The van der Waals surface area contributed by atoms with Crippen molar-refractivity contribution in [3.8, 4) is 5.75 Å². The van der Waals surface area contributed by atoms with Crippen molar-refractivity contribution in [2.24, 2.45) is 0 Å². The molecule has 0 amide bonds. The first kappa shape index (κ1) is 14.6. The van der Waals surface area contributed by atoms with Crippen LogP contribution in [0.4, 0.5) is 0 Å². The van der Waals surface area contributed by atoms with E-state index in [1.807, 2.05) is 6.07 Å². The molecule has 0 bridgehead atoms. The highest BCUT2D eigenvalue weighted by molar-refractivity contribution is 9.10. The van der Waals surface area contributed by atoms with Crippen LogP contribution >= 0.6 is 31.9 Å². The average Bonchev–Trinajstić information content (AvgIpc) is 2.53. The zero-order chi connectivity index (χ0) is 14.8. The predicted molar refractivity (Wildman–Crippen MR) is 95.4 cm³/mol. The molecule has 3 heteroatoms. The molecule has 21 heavy (non-hydrogen) atoms. The van der Waals surface area contributed by atoms with E-state index in [2.05, 4.69) is 86.5 Å². The first-order valence-electron chi connectivity index (χ1n) is 6.66. The van der Waals surface area contributed by atoms with E-state index >= 15 is 0 Å². The lowest BCUT2D eigenvalue weighted by Gasteiger charge is -2.15. The van der Waals surface area contributed by atoms with Crippen LogP contribution in [0.25, 0.3) is 10.8 Å². The maximum Gasteiger partial charge on any atom is 0.133 e. The van der Waals surface area contributed by atoms with Crippen molar-refractivity contribution in [3.63, 3.8) is 0 Å². The van der Waals surface area contributed by atoms with Gasteiger partial charge in [-0.25, -0.2) is 0 Å². The molecule has 0 N–H and O–H groups in total. The Labute approximate surface area is 141 Å². The fourth-order valence-electron chi connectivity index (χ4n) is 2.49. The number of hydrogen-bond donors (Lipinski definition) is 0. The van der Waals surface area contributed by atoms with Crippen LogP contribution in [0.2, 0.25) is 0 Å². The molecule has 3 aromatic carbocycles. The van der Waals surface area contributed by atoms with Gasteiger partial charge in [-0.1, -0.05) is 64.5 Å². The smallest absolute Gasteiger partial charge is 0.133 e. The number of methoxy groups -OCH3 is 1. The van der Waals surface area contributed by atoms with Gasteiger partial charge in [0.2, 0.25) is 0 Å². The van der Waals surface area contributed by atoms with E-state index in [0.717, 1.165) is 10.2 Å². The highest BCUT2D eigenvalue weighted by Crippen LogP contribution is 2.38.